The Bertz CT molecular complexity index is 358. The van der Waals surface area contributed by atoms with E-state index >= 15 is 0 Å². The molecule has 4 nitrogen and oxygen atoms in total. The molecule has 0 aromatic heterocycles. The Balaban J connectivity index is 2.05. The molecule has 4 heteroatoms. The van der Waals surface area contributed by atoms with Crippen molar-refractivity contribution < 1.29 is 18.9 Å². The summed E-state index contributed by atoms with van der Waals surface area (Å²) in [6.07, 6.45) is 3.07. The standard InChI is InChI=1S/C13H18O4/c1-14-11-7-6-10(9-12(11)15-2)17-13-5-3-4-8-16-13/h6-7,9,13H,3-5,8H2,1-2H3. The minimum Gasteiger partial charge on any atom is -0.493 e. The van der Waals surface area contributed by atoms with Gasteiger partial charge in [0.05, 0.1) is 20.8 Å². The van der Waals surface area contributed by atoms with Crippen LogP contribution in [0.25, 0.3) is 0 Å². The minimum atomic E-state index is -0.137. The highest BCUT2D eigenvalue weighted by molar-refractivity contribution is 5.45. The van der Waals surface area contributed by atoms with E-state index in [1.807, 2.05) is 18.2 Å². The lowest BCUT2D eigenvalue weighted by Gasteiger charge is -2.23. The molecule has 0 aliphatic carbocycles. The molecular formula is C13H18O4. The molecule has 1 saturated heterocycles. The molecular weight excluding hydrogens is 220 g/mol. The van der Waals surface area contributed by atoms with Gasteiger partial charge in [-0.25, -0.2) is 0 Å². The third-order valence-electron chi connectivity index (χ3n) is 2.76. The summed E-state index contributed by atoms with van der Waals surface area (Å²) in [6.45, 7) is 0.776. The molecule has 0 N–H and O–H groups in total. The third-order valence-corrected chi connectivity index (χ3v) is 2.76. The van der Waals surface area contributed by atoms with Gasteiger partial charge in [0.15, 0.2) is 17.8 Å². The van der Waals surface area contributed by atoms with Gasteiger partial charge in [-0.3, -0.25) is 0 Å². The summed E-state index contributed by atoms with van der Waals surface area (Å²) in [5.41, 5.74) is 0. The zero-order valence-corrected chi connectivity index (χ0v) is 10.3. The van der Waals surface area contributed by atoms with E-state index in [-0.39, 0.29) is 6.29 Å². The first-order valence-corrected chi connectivity index (χ1v) is 5.84. The van der Waals surface area contributed by atoms with Crippen molar-refractivity contribution in [1.82, 2.24) is 0 Å². The molecule has 1 fully saturated rings. The number of ether oxygens (including phenoxy) is 4. The zero-order chi connectivity index (χ0) is 12.1. The second-order valence-electron chi connectivity index (χ2n) is 3.93. The van der Waals surface area contributed by atoms with Crippen LogP contribution in [0.3, 0.4) is 0 Å². The quantitative estimate of drug-likeness (QED) is 0.808. The zero-order valence-electron chi connectivity index (χ0n) is 10.3. The van der Waals surface area contributed by atoms with Crippen LogP contribution in [-0.2, 0) is 4.74 Å². The van der Waals surface area contributed by atoms with Gasteiger partial charge < -0.3 is 18.9 Å². The molecule has 0 saturated carbocycles. The van der Waals surface area contributed by atoms with Gasteiger partial charge in [0.25, 0.3) is 0 Å². The average Bonchev–Trinajstić information content (AvgIpc) is 2.40. The molecule has 1 heterocycles. The molecule has 1 aliphatic rings. The Morgan fingerprint density at radius 2 is 1.94 bits per heavy atom. The lowest BCUT2D eigenvalue weighted by Crippen LogP contribution is -2.24. The summed E-state index contributed by atoms with van der Waals surface area (Å²) in [6, 6.07) is 5.51. The van der Waals surface area contributed by atoms with Gasteiger partial charge in [-0.2, -0.15) is 0 Å². The Morgan fingerprint density at radius 1 is 1.12 bits per heavy atom. The van der Waals surface area contributed by atoms with E-state index in [9.17, 15) is 0 Å². The summed E-state index contributed by atoms with van der Waals surface area (Å²) >= 11 is 0. The van der Waals surface area contributed by atoms with Crippen LogP contribution < -0.4 is 14.2 Å². The molecule has 1 aromatic carbocycles. The maximum absolute atomic E-state index is 5.74. The van der Waals surface area contributed by atoms with Gasteiger partial charge in [0, 0.05) is 12.5 Å². The maximum atomic E-state index is 5.74. The van der Waals surface area contributed by atoms with Crippen molar-refractivity contribution in [2.45, 2.75) is 25.6 Å². The van der Waals surface area contributed by atoms with Crippen molar-refractivity contribution in [3.05, 3.63) is 18.2 Å². The Labute approximate surface area is 101 Å². The average molecular weight is 238 g/mol. The van der Waals surface area contributed by atoms with Crippen molar-refractivity contribution >= 4 is 0 Å². The first-order chi connectivity index (χ1) is 8.33. The monoisotopic (exact) mass is 238 g/mol. The highest BCUT2D eigenvalue weighted by atomic mass is 16.7. The Kier molecular flexibility index (Phi) is 4.09. The number of rotatable bonds is 4. The number of benzene rings is 1. The molecule has 1 atom stereocenters. The van der Waals surface area contributed by atoms with Crippen LogP contribution in [0.15, 0.2) is 18.2 Å². The number of hydrogen-bond acceptors (Lipinski definition) is 4. The van der Waals surface area contributed by atoms with Crippen molar-refractivity contribution in [3.63, 3.8) is 0 Å². The summed E-state index contributed by atoms with van der Waals surface area (Å²) in [5.74, 6) is 2.11. The molecule has 94 valence electrons. The first-order valence-electron chi connectivity index (χ1n) is 5.84. The normalized spacial score (nSPS) is 19.8. The summed E-state index contributed by atoms with van der Waals surface area (Å²) in [4.78, 5) is 0. The van der Waals surface area contributed by atoms with E-state index < -0.39 is 0 Å². The van der Waals surface area contributed by atoms with E-state index in [0.29, 0.717) is 11.5 Å². The van der Waals surface area contributed by atoms with E-state index in [4.69, 9.17) is 18.9 Å². The molecule has 0 radical (unpaired) electrons. The molecule has 0 bridgehead atoms. The predicted octanol–water partition coefficient (Wildman–Crippen LogP) is 2.61. The lowest BCUT2D eigenvalue weighted by atomic mass is 10.2. The second-order valence-corrected chi connectivity index (χ2v) is 3.93. The number of methoxy groups -OCH3 is 2. The molecule has 0 spiro atoms. The van der Waals surface area contributed by atoms with Crippen LogP contribution in [-0.4, -0.2) is 27.1 Å². The largest absolute Gasteiger partial charge is 0.493 e. The van der Waals surface area contributed by atoms with E-state index in [1.165, 1.54) is 0 Å². The molecule has 0 amide bonds. The van der Waals surface area contributed by atoms with Gasteiger partial charge in [-0.15, -0.1) is 0 Å². The fourth-order valence-corrected chi connectivity index (χ4v) is 1.85. The lowest BCUT2D eigenvalue weighted by molar-refractivity contribution is -0.105. The van der Waals surface area contributed by atoms with Gasteiger partial charge in [0.2, 0.25) is 0 Å². The van der Waals surface area contributed by atoms with Gasteiger partial charge >= 0.3 is 0 Å². The topological polar surface area (TPSA) is 36.9 Å². The fraction of sp³-hybridized carbons (Fsp3) is 0.538. The smallest absolute Gasteiger partial charge is 0.199 e. The van der Waals surface area contributed by atoms with E-state index in [2.05, 4.69) is 0 Å². The van der Waals surface area contributed by atoms with Crippen LogP contribution in [0.5, 0.6) is 17.2 Å². The molecule has 2 rings (SSSR count). The summed E-state index contributed by atoms with van der Waals surface area (Å²) in [5, 5.41) is 0. The van der Waals surface area contributed by atoms with Gasteiger partial charge in [-0.05, 0) is 25.0 Å². The molecule has 1 aliphatic heterocycles. The van der Waals surface area contributed by atoms with Crippen LogP contribution in [0, 0.1) is 0 Å². The third kappa shape index (κ3) is 3.03. The van der Waals surface area contributed by atoms with Crippen LogP contribution in [0.2, 0.25) is 0 Å². The first kappa shape index (κ1) is 12.0. The molecule has 1 aromatic rings. The Hall–Kier alpha value is -1.42. The van der Waals surface area contributed by atoms with Crippen molar-refractivity contribution in [1.29, 1.82) is 0 Å². The van der Waals surface area contributed by atoms with Crippen LogP contribution >= 0.6 is 0 Å². The highest BCUT2D eigenvalue weighted by Crippen LogP contribution is 2.32. The highest BCUT2D eigenvalue weighted by Gasteiger charge is 2.16. The molecule has 1 unspecified atom stereocenters. The van der Waals surface area contributed by atoms with Crippen LogP contribution in [0.1, 0.15) is 19.3 Å². The van der Waals surface area contributed by atoms with Gasteiger partial charge in [-0.1, -0.05) is 0 Å². The van der Waals surface area contributed by atoms with Crippen molar-refractivity contribution in [2.75, 3.05) is 20.8 Å². The molecule has 17 heavy (non-hydrogen) atoms. The fourth-order valence-electron chi connectivity index (χ4n) is 1.85. The summed E-state index contributed by atoms with van der Waals surface area (Å²) in [7, 11) is 3.22. The van der Waals surface area contributed by atoms with Crippen molar-refractivity contribution in [2.24, 2.45) is 0 Å². The van der Waals surface area contributed by atoms with Crippen molar-refractivity contribution in [3.8, 4) is 17.2 Å². The SMILES string of the molecule is COc1ccc(OC2CCCCO2)cc1OC. The number of hydrogen-bond donors (Lipinski definition) is 0. The summed E-state index contributed by atoms with van der Waals surface area (Å²) < 4.78 is 21.6. The second kappa shape index (κ2) is 5.77. The Morgan fingerprint density at radius 3 is 2.59 bits per heavy atom. The van der Waals surface area contributed by atoms with Crippen LogP contribution in [0.4, 0.5) is 0 Å². The predicted molar refractivity (Wildman–Crippen MR) is 63.8 cm³/mol. The minimum absolute atomic E-state index is 0.137. The van der Waals surface area contributed by atoms with E-state index in [0.717, 1.165) is 31.6 Å². The maximum Gasteiger partial charge on any atom is 0.199 e. The van der Waals surface area contributed by atoms with Gasteiger partial charge in [0.1, 0.15) is 5.75 Å². The van der Waals surface area contributed by atoms with E-state index in [1.54, 1.807) is 14.2 Å².